The Kier molecular flexibility index (Phi) is 6.57. The number of carbonyl (C=O) groups excluding carboxylic acids is 3. The van der Waals surface area contributed by atoms with E-state index in [2.05, 4.69) is 5.32 Å². The summed E-state index contributed by atoms with van der Waals surface area (Å²) in [6.07, 6.45) is 0. The Morgan fingerprint density at radius 1 is 1.04 bits per heavy atom. The van der Waals surface area contributed by atoms with Crippen molar-refractivity contribution in [3.63, 3.8) is 0 Å². The first-order valence-electron chi connectivity index (χ1n) is 7.63. The number of phenols is 1. The number of hydrogen-bond donors (Lipinski definition) is 2. The molecule has 0 aliphatic carbocycles. The van der Waals surface area contributed by atoms with Gasteiger partial charge in [-0.2, -0.15) is 0 Å². The number of aromatic hydroxyl groups is 1. The average molecular weight is 378 g/mol. The van der Waals surface area contributed by atoms with Gasteiger partial charge in [0.25, 0.3) is 5.91 Å². The summed E-state index contributed by atoms with van der Waals surface area (Å²) in [7, 11) is 0. The number of anilines is 1. The zero-order valence-electron chi connectivity index (χ0n) is 13.8. The zero-order chi connectivity index (χ0) is 19.1. The van der Waals surface area contributed by atoms with Crippen LogP contribution in [0.15, 0.2) is 42.5 Å². The van der Waals surface area contributed by atoms with E-state index in [1.54, 1.807) is 6.92 Å². The van der Waals surface area contributed by atoms with Crippen molar-refractivity contribution < 1.29 is 29.0 Å². The van der Waals surface area contributed by atoms with E-state index in [1.807, 2.05) is 0 Å². The lowest BCUT2D eigenvalue weighted by atomic mass is 10.2. The number of phenolic OH excluding ortho intramolecular Hbond substituents is 1. The number of ether oxygens (including phenoxy) is 2. The lowest BCUT2D eigenvalue weighted by Gasteiger charge is -2.08. The van der Waals surface area contributed by atoms with Crippen molar-refractivity contribution in [2.24, 2.45) is 0 Å². The van der Waals surface area contributed by atoms with Gasteiger partial charge in [0.15, 0.2) is 6.61 Å². The first kappa shape index (κ1) is 19.3. The molecule has 0 fully saturated rings. The van der Waals surface area contributed by atoms with Crippen LogP contribution in [0.25, 0.3) is 0 Å². The Labute approximate surface area is 154 Å². The molecule has 2 aromatic carbocycles. The summed E-state index contributed by atoms with van der Waals surface area (Å²) in [5, 5.41) is 12.4. The molecular formula is C18H16ClNO6. The maximum Gasteiger partial charge on any atom is 0.342 e. The molecule has 0 atom stereocenters. The largest absolute Gasteiger partial charge is 0.507 e. The number of benzene rings is 2. The predicted octanol–water partition coefficient (Wildman–Crippen LogP) is 3.02. The normalized spacial score (nSPS) is 10.1. The molecule has 136 valence electrons. The van der Waals surface area contributed by atoms with Gasteiger partial charge in [-0.15, -0.1) is 0 Å². The average Bonchev–Trinajstić information content (AvgIpc) is 2.62. The van der Waals surface area contributed by atoms with Gasteiger partial charge in [0, 0.05) is 10.7 Å². The number of rotatable bonds is 6. The zero-order valence-corrected chi connectivity index (χ0v) is 14.6. The van der Waals surface area contributed by atoms with Gasteiger partial charge in [0.05, 0.1) is 12.2 Å². The fourth-order valence-electron chi connectivity index (χ4n) is 1.98. The minimum absolute atomic E-state index is 0.135. The summed E-state index contributed by atoms with van der Waals surface area (Å²) in [5.41, 5.74) is 0.640. The Morgan fingerprint density at radius 3 is 2.38 bits per heavy atom. The van der Waals surface area contributed by atoms with Crippen LogP contribution in [-0.2, 0) is 14.3 Å². The fraction of sp³-hybridized carbons (Fsp3) is 0.167. The minimum Gasteiger partial charge on any atom is -0.507 e. The van der Waals surface area contributed by atoms with Crippen LogP contribution in [0.5, 0.6) is 5.75 Å². The molecule has 26 heavy (non-hydrogen) atoms. The molecule has 0 aliphatic rings. The Morgan fingerprint density at radius 2 is 1.73 bits per heavy atom. The van der Waals surface area contributed by atoms with Crippen molar-refractivity contribution >= 4 is 35.1 Å². The number of carbonyl (C=O) groups is 3. The molecule has 2 rings (SSSR count). The summed E-state index contributed by atoms with van der Waals surface area (Å²) in [6.45, 7) is 1.42. The molecule has 2 N–H and O–H groups in total. The van der Waals surface area contributed by atoms with E-state index in [1.165, 1.54) is 42.5 Å². The summed E-state index contributed by atoms with van der Waals surface area (Å²) >= 11 is 5.75. The van der Waals surface area contributed by atoms with E-state index in [0.29, 0.717) is 11.3 Å². The van der Waals surface area contributed by atoms with E-state index in [4.69, 9.17) is 21.1 Å². The van der Waals surface area contributed by atoms with Crippen LogP contribution < -0.4 is 5.32 Å². The monoisotopic (exact) mass is 377 g/mol. The van der Waals surface area contributed by atoms with Gasteiger partial charge in [0.2, 0.25) is 0 Å². The number of nitrogens with one attached hydrogen (secondary N) is 1. The van der Waals surface area contributed by atoms with Crippen LogP contribution >= 0.6 is 11.6 Å². The summed E-state index contributed by atoms with van der Waals surface area (Å²) in [6, 6.07) is 9.96. The first-order valence-corrected chi connectivity index (χ1v) is 8.01. The topological polar surface area (TPSA) is 102 Å². The maximum atomic E-state index is 11.9. The highest BCUT2D eigenvalue weighted by Gasteiger charge is 2.15. The second kappa shape index (κ2) is 8.87. The predicted molar refractivity (Wildman–Crippen MR) is 94.4 cm³/mol. The highest BCUT2D eigenvalue weighted by atomic mass is 35.5. The maximum absolute atomic E-state index is 11.9. The highest BCUT2D eigenvalue weighted by Crippen LogP contribution is 2.22. The summed E-state index contributed by atoms with van der Waals surface area (Å²) < 4.78 is 9.71. The van der Waals surface area contributed by atoms with Gasteiger partial charge in [-0.25, -0.2) is 9.59 Å². The molecule has 0 saturated heterocycles. The van der Waals surface area contributed by atoms with Gasteiger partial charge < -0.3 is 19.9 Å². The van der Waals surface area contributed by atoms with E-state index in [-0.39, 0.29) is 22.9 Å². The van der Waals surface area contributed by atoms with Crippen LogP contribution in [0.1, 0.15) is 27.6 Å². The Bertz CT molecular complexity index is 819. The quantitative estimate of drug-likeness (QED) is 0.750. The van der Waals surface area contributed by atoms with E-state index >= 15 is 0 Å². The van der Waals surface area contributed by atoms with Gasteiger partial charge in [-0.1, -0.05) is 11.6 Å². The molecule has 0 aromatic heterocycles. The highest BCUT2D eigenvalue weighted by molar-refractivity contribution is 6.31. The lowest BCUT2D eigenvalue weighted by Crippen LogP contribution is -2.21. The second-order valence-electron chi connectivity index (χ2n) is 5.08. The minimum atomic E-state index is -0.877. The molecule has 7 nitrogen and oxygen atoms in total. The van der Waals surface area contributed by atoms with Crippen LogP contribution in [0.2, 0.25) is 5.02 Å². The Balaban J connectivity index is 1.89. The van der Waals surface area contributed by atoms with Crippen LogP contribution in [-0.4, -0.2) is 36.2 Å². The SMILES string of the molecule is CCOC(=O)c1ccc(NC(=O)COC(=O)c2cc(Cl)ccc2O)cc1. The van der Waals surface area contributed by atoms with Crippen LogP contribution in [0.3, 0.4) is 0 Å². The van der Waals surface area contributed by atoms with Gasteiger partial charge in [-0.05, 0) is 49.4 Å². The second-order valence-corrected chi connectivity index (χ2v) is 5.52. The number of amides is 1. The standard InChI is InChI=1S/C18H16ClNO6/c1-2-25-17(23)11-3-6-13(7-4-11)20-16(22)10-26-18(24)14-9-12(19)5-8-15(14)21/h3-9,21H,2,10H2,1H3,(H,20,22). The van der Waals surface area contributed by atoms with Gasteiger partial charge >= 0.3 is 11.9 Å². The molecule has 0 aliphatic heterocycles. The van der Waals surface area contributed by atoms with E-state index in [9.17, 15) is 19.5 Å². The third kappa shape index (κ3) is 5.22. The van der Waals surface area contributed by atoms with Crippen molar-refractivity contribution in [1.82, 2.24) is 0 Å². The van der Waals surface area contributed by atoms with E-state index < -0.39 is 24.5 Å². The van der Waals surface area contributed by atoms with Crippen molar-refractivity contribution in [2.45, 2.75) is 6.92 Å². The fourth-order valence-corrected chi connectivity index (χ4v) is 2.15. The molecule has 1 amide bonds. The third-order valence-corrected chi connectivity index (χ3v) is 3.43. The van der Waals surface area contributed by atoms with Crippen molar-refractivity contribution in [1.29, 1.82) is 0 Å². The molecular weight excluding hydrogens is 362 g/mol. The van der Waals surface area contributed by atoms with Crippen molar-refractivity contribution in [3.05, 3.63) is 58.6 Å². The molecule has 0 unspecified atom stereocenters. The molecule has 2 aromatic rings. The summed E-state index contributed by atoms with van der Waals surface area (Å²) in [4.78, 5) is 35.3. The van der Waals surface area contributed by atoms with E-state index in [0.717, 1.165) is 0 Å². The number of hydrogen-bond acceptors (Lipinski definition) is 6. The smallest absolute Gasteiger partial charge is 0.342 e. The molecule has 0 heterocycles. The van der Waals surface area contributed by atoms with Crippen LogP contribution in [0, 0.1) is 0 Å². The van der Waals surface area contributed by atoms with Gasteiger partial charge in [0.1, 0.15) is 11.3 Å². The van der Waals surface area contributed by atoms with Gasteiger partial charge in [-0.3, -0.25) is 4.79 Å². The summed E-state index contributed by atoms with van der Waals surface area (Å²) in [5.74, 6) is -2.21. The molecule has 0 bridgehead atoms. The number of halogens is 1. The molecule has 0 radical (unpaired) electrons. The van der Waals surface area contributed by atoms with Crippen molar-refractivity contribution in [3.8, 4) is 5.75 Å². The Hall–Kier alpha value is -3.06. The van der Waals surface area contributed by atoms with Crippen molar-refractivity contribution in [2.75, 3.05) is 18.5 Å². The number of esters is 2. The first-order chi connectivity index (χ1) is 12.4. The lowest BCUT2D eigenvalue weighted by molar-refractivity contribution is -0.119. The molecule has 8 heteroatoms. The third-order valence-electron chi connectivity index (χ3n) is 3.19. The molecule has 0 spiro atoms. The van der Waals surface area contributed by atoms with Crippen LogP contribution in [0.4, 0.5) is 5.69 Å². The molecule has 0 saturated carbocycles.